The van der Waals surface area contributed by atoms with E-state index in [0.29, 0.717) is 6.42 Å². The quantitative estimate of drug-likeness (QED) is 0.705. The van der Waals surface area contributed by atoms with Gasteiger partial charge in [-0.15, -0.1) is 12.4 Å². The number of rotatable bonds is 6. The Morgan fingerprint density at radius 2 is 2.00 bits per heavy atom. The van der Waals surface area contributed by atoms with Crippen LogP contribution in [0.2, 0.25) is 0 Å². The van der Waals surface area contributed by atoms with E-state index in [1.807, 2.05) is 38.1 Å². The fourth-order valence-electron chi connectivity index (χ4n) is 3.15. The number of benzene rings is 1. The second-order valence-electron chi connectivity index (χ2n) is 7.06. The number of carbonyl (C=O) groups is 2. The first-order chi connectivity index (χ1) is 11.9. The zero-order valence-corrected chi connectivity index (χ0v) is 16.8. The maximum absolute atomic E-state index is 13.0. The Morgan fingerprint density at radius 3 is 2.62 bits per heavy atom. The van der Waals surface area contributed by atoms with Crippen LogP contribution in [-0.4, -0.2) is 37.0 Å². The van der Waals surface area contributed by atoms with Gasteiger partial charge in [0, 0.05) is 7.05 Å². The number of nitrogens with zero attached hydrogens (tertiary/aromatic N) is 1. The van der Waals surface area contributed by atoms with Crippen molar-refractivity contribution < 1.29 is 9.59 Å². The van der Waals surface area contributed by atoms with E-state index in [0.717, 1.165) is 24.2 Å². The zero-order valence-electron chi connectivity index (χ0n) is 16.0. The maximum Gasteiger partial charge on any atom is 0.251 e. The molecule has 4 N–H and O–H groups in total. The van der Waals surface area contributed by atoms with Crippen molar-refractivity contribution in [1.82, 2.24) is 5.32 Å². The molecule has 146 valence electrons. The van der Waals surface area contributed by atoms with Crippen molar-refractivity contribution in [3.8, 4) is 0 Å². The number of hydrogen-bond donors (Lipinski definition) is 3. The lowest BCUT2D eigenvalue weighted by Crippen LogP contribution is -2.58. The molecule has 1 aliphatic heterocycles. The number of anilines is 2. The zero-order chi connectivity index (χ0) is 18.6. The number of nitrogens with one attached hydrogen (secondary N) is 2. The molecule has 0 radical (unpaired) electrons. The number of amides is 2. The topological polar surface area (TPSA) is 87.5 Å². The van der Waals surface area contributed by atoms with E-state index in [-0.39, 0.29) is 36.2 Å². The molecular formula is C19H31ClN4O2. The molecule has 2 rings (SSSR count). The van der Waals surface area contributed by atoms with Crippen molar-refractivity contribution in [2.45, 2.75) is 58.2 Å². The normalized spacial score (nSPS) is 20.5. The molecule has 26 heavy (non-hydrogen) atoms. The second-order valence-corrected chi connectivity index (χ2v) is 7.06. The van der Waals surface area contributed by atoms with Gasteiger partial charge in [-0.05, 0) is 24.5 Å². The minimum atomic E-state index is -0.655. The van der Waals surface area contributed by atoms with E-state index in [2.05, 4.69) is 17.6 Å². The van der Waals surface area contributed by atoms with Crippen molar-refractivity contribution in [3.05, 3.63) is 24.3 Å². The molecule has 0 bridgehead atoms. The lowest BCUT2D eigenvalue weighted by Gasteiger charge is -2.30. The van der Waals surface area contributed by atoms with Crippen LogP contribution in [0.3, 0.4) is 0 Å². The third-order valence-corrected chi connectivity index (χ3v) is 4.76. The molecule has 1 heterocycles. The molecule has 2 amide bonds. The highest BCUT2D eigenvalue weighted by molar-refractivity contribution is 6.03. The first-order valence-corrected chi connectivity index (χ1v) is 9.05. The summed E-state index contributed by atoms with van der Waals surface area (Å²) < 4.78 is 0. The Balaban J connectivity index is 0.00000338. The third kappa shape index (κ3) is 4.89. The second kappa shape index (κ2) is 9.78. The number of hydrogen-bond acceptors (Lipinski definition) is 4. The summed E-state index contributed by atoms with van der Waals surface area (Å²) in [5.74, 6) is -0.244. The lowest BCUT2D eigenvalue weighted by atomic mass is 9.95. The van der Waals surface area contributed by atoms with Crippen LogP contribution in [-0.2, 0) is 9.59 Å². The smallest absolute Gasteiger partial charge is 0.251 e. The number of fused-ring (bicyclic) bond motifs is 1. The van der Waals surface area contributed by atoms with Crippen LogP contribution in [0.1, 0.15) is 40.0 Å². The molecule has 1 aromatic rings. The van der Waals surface area contributed by atoms with Gasteiger partial charge in [0.25, 0.3) is 5.91 Å². The van der Waals surface area contributed by atoms with Crippen LogP contribution >= 0.6 is 12.4 Å². The first kappa shape index (κ1) is 22.3. The molecule has 3 atom stereocenters. The predicted molar refractivity (Wildman–Crippen MR) is 109 cm³/mol. The van der Waals surface area contributed by atoms with Crippen molar-refractivity contribution >= 4 is 35.6 Å². The molecule has 7 heteroatoms. The molecule has 2 unspecified atom stereocenters. The number of para-hydroxylation sites is 2. The van der Waals surface area contributed by atoms with E-state index >= 15 is 0 Å². The molecule has 0 aliphatic carbocycles. The minimum absolute atomic E-state index is 0. The van der Waals surface area contributed by atoms with Gasteiger partial charge in [0.1, 0.15) is 6.04 Å². The van der Waals surface area contributed by atoms with E-state index < -0.39 is 12.1 Å². The molecule has 1 aliphatic rings. The van der Waals surface area contributed by atoms with Crippen LogP contribution in [0.5, 0.6) is 0 Å². The molecule has 0 aromatic heterocycles. The minimum Gasteiger partial charge on any atom is -0.378 e. The molecular weight excluding hydrogens is 352 g/mol. The number of carbonyl (C=O) groups excluding carboxylic acids is 2. The van der Waals surface area contributed by atoms with Gasteiger partial charge in [0.05, 0.1) is 23.5 Å². The summed E-state index contributed by atoms with van der Waals surface area (Å²) >= 11 is 0. The summed E-state index contributed by atoms with van der Waals surface area (Å²) in [5, 5.41) is 6.34. The molecule has 6 nitrogen and oxygen atoms in total. The predicted octanol–water partition coefficient (Wildman–Crippen LogP) is 2.52. The summed E-state index contributed by atoms with van der Waals surface area (Å²) in [5.41, 5.74) is 7.69. The van der Waals surface area contributed by atoms with Crippen LogP contribution in [0, 0.1) is 5.92 Å². The van der Waals surface area contributed by atoms with Crippen molar-refractivity contribution in [2.75, 3.05) is 17.3 Å². The van der Waals surface area contributed by atoms with Crippen molar-refractivity contribution in [1.29, 1.82) is 0 Å². The highest BCUT2D eigenvalue weighted by Gasteiger charge is 2.38. The Labute approximate surface area is 162 Å². The summed E-state index contributed by atoms with van der Waals surface area (Å²) in [7, 11) is 1.74. The van der Waals surface area contributed by atoms with Crippen molar-refractivity contribution in [3.63, 3.8) is 0 Å². The fraction of sp³-hybridized carbons (Fsp3) is 0.579. The standard InChI is InChI=1S/C19H30N4O2.ClH/c1-5-6-9-13(20)18(24)22-17-16(12(2)3)21-14-10-7-8-11-15(14)23(4)19(17)25;/h7-8,10-13,16-17,21H,5-6,9,20H2,1-4H3,(H,22,24);1H/t13-,16?,17?;/m0./s1. The summed E-state index contributed by atoms with van der Waals surface area (Å²) in [6.07, 6.45) is 2.50. The number of halogens is 1. The van der Waals surface area contributed by atoms with Gasteiger partial charge in [-0.1, -0.05) is 45.7 Å². The Morgan fingerprint density at radius 1 is 1.35 bits per heavy atom. The lowest BCUT2D eigenvalue weighted by molar-refractivity contribution is -0.128. The number of nitrogens with two attached hydrogens (primary N) is 1. The van der Waals surface area contributed by atoms with E-state index in [1.165, 1.54) is 0 Å². The number of unbranched alkanes of at least 4 members (excludes halogenated alkanes) is 1. The van der Waals surface area contributed by atoms with Gasteiger partial charge in [-0.3, -0.25) is 9.59 Å². The summed E-state index contributed by atoms with van der Waals surface area (Å²) in [6, 6.07) is 6.23. The molecule has 1 aromatic carbocycles. The maximum atomic E-state index is 13.0. The Hall–Kier alpha value is -1.79. The van der Waals surface area contributed by atoms with Gasteiger partial charge in [0.15, 0.2) is 0 Å². The highest BCUT2D eigenvalue weighted by Crippen LogP contribution is 2.31. The third-order valence-electron chi connectivity index (χ3n) is 4.76. The van der Waals surface area contributed by atoms with E-state index in [4.69, 9.17) is 5.73 Å². The van der Waals surface area contributed by atoms with Gasteiger partial charge >= 0.3 is 0 Å². The monoisotopic (exact) mass is 382 g/mol. The van der Waals surface area contributed by atoms with E-state index in [9.17, 15) is 9.59 Å². The van der Waals surface area contributed by atoms with Crippen LogP contribution < -0.4 is 21.3 Å². The summed E-state index contributed by atoms with van der Waals surface area (Å²) in [6.45, 7) is 6.13. The molecule has 0 fully saturated rings. The van der Waals surface area contributed by atoms with Gasteiger partial charge in [-0.25, -0.2) is 0 Å². The first-order valence-electron chi connectivity index (χ1n) is 9.05. The Bertz CT molecular complexity index is 623. The van der Waals surface area contributed by atoms with Crippen molar-refractivity contribution in [2.24, 2.45) is 11.7 Å². The van der Waals surface area contributed by atoms with Crippen LogP contribution in [0.25, 0.3) is 0 Å². The van der Waals surface area contributed by atoms with Gasteiger partial charge < -0.3 is 21.3 Å². The largest absolute Gasteiger partial charge is 0.378 e. The average molecular weight is 383 g/mol. The van der Waals surface area contributed by atoms with Crippen LogP contribution in [0.4, 0.5) is 11.4 Å². The highest BCUT2D eigenvalue weighted by atomic mass is 35.5. The molecule has 0 saturated heterocycles. The summed E-state index contributed by atoms with van der Waals surface area (Å²) in [4.78, 5) is 27.1. The fourth-order valence-corrected chi connectivity index (χ4v) is 3.15. The number of likely N-dealkylation sites (N-methyl/N-ethyl adjacent to an activating group) is 1. The van der Waals surface area contributed by atoms with Gasteiger partial charge in [0.2, 0.25) is 5.91 Å². The van der Waals surface area contributed by atoms with Gasteiger partial charge in [-0.2, -0.15) is 0 Å². The SMILES string of the molecule is CCCC[C@H](N)C(=O)NC1C(=O)N(C)c2ccccc2NC1C(C)C.Cl. The van der Waals surface area contributed by atoms with Crippen LogP contribution in [0.15, 0.2) is 24.3 Å². The molecule has 0 saturated carbocycles. The average Bonchev–Trinajstić information content (AvgIpc) is 2.70. The Kier molecular flexibility index (Phi) is 8.37. The molecule has 0 spiro atoms. The van der Waals surface area contributed by atoms with E-state index in [1.54, 1.807) is 11.9 Å².